The van der Waals surface area contributed by atoms with Crippen molar-refractivity contribution in [2.75, 3.05) is 24.1 Å². The number of nitrogens with one attached hydrogen (secondary N) is 2. The number of rotatable bonds is 11. The second kappa shape index (κ2) is 10.3. The van der Waals surface area contributed by atoms with E-state index in [0.29, 0.717) is 18.6 Å². The highest BCUT2D eigenvalue weighted by atomic mass is 32.2. The minimum absolute atomic E-state index is 0.0935. The normalized spacial score (nSPS) is 13.7. The molecule has 2 rings (SSSR count). The Balaban J connectivity index is 1.74. The van der Waals surface area contributed by atoms with Crippen molar-refractivity contribution in [2.45, 2.75) is 25.2 Å². The molecule has 9 heteroatoms. The number of ether oxygens (including phenoxy) is 1. The van der Waals surface area contributed by atoms with Gasteiger partial charge in [0, 0.05) is 6.54 Å². The van der Waals surface area contributed by atoms with E-state index in [-0.39, 0.29) is 24.6 Å². The van der Waals surface area contributed by atoms with E-state index in [0.717, 1.165) is 11.8 Å². The van der Waals surface area contributed by atoms with Crippen LogP contribution in [0.15, 0.2) is 48.5 Å². The summed E-state index contributed by atoms with van der Waals surface area (Å²) in [6.07, 6.45) is 0.152. The number of aliphatic hydroxyl groups is 2. The Bertz CT molecular complexity index is 845. The van der Waals surface area contributed by atoms with Gasteiger partial charge in [0.1, 0.15) is 30.4 Å². The number of aromatic hydroxyl groups is 1. The van der Waals surface area contributed by atoms with Crippen molar-refractivity contribution in [3.8, 4) is 11.5 Å². The Morgan fingerprint density at radius 2 is 1.82 bits per heavy atom. The summed E-state index contributed by atoms with van der Waals surface area (Å²) >= 11 is 0. The lowest BCUT2D eigenvalue weighted by Gasteiger charge is -2.17. The van der Waals surface area contributed by atoms with E-state index >= 15 is 0 Å². The average Bonchev–Trinajstić information content (AvgIpc) is 2.65. The molecule has 0 fully saturated rings. The Morgan fingerprint density at radius 3 is 2.50 bits per heavy atom. The third kappa shape index (κ3) is 8.13. The Morgan fingerprint density at radius 1 is 1.11 bits per heavy atom. The largest absolute Gasteiger partial charge is 0.506 e. The van der Waals surface area contributed by atoms with Crippen LogP contribution in [-0.2, 0) is 16.4 Å². The lowest BCUT2D eigenvalue weighted by atomic mass is 10.1. The van der Waals surface area contributed by atoms with Gasteiger partial charge in [-0.1, -0.05) is 24.3 Å². The molecule has 0 aliphatic heterocycles. The number of phenolic OH excluding ortho intramolecular Hbond substituents is 1. The SMILES string of the molecule is CS(=O)(=O)Nc1cc(CC[C@H](O)NCC(O)COc2ccccc2)ccc1O. The zero-order valence-electron chi connectivity index (χ0n) is 15.6. The standard InChI is InChI=1S/C19H26N2O6S/c1-28(25,26)21-17-11-14(7-9-18(17)23)8-10-19(24)20-12-15(22)13-27-16-5-3-2-4-6-16/h2-7,9,11,15,19-24H,8,10,12-13H2,1H3/t15?,19-/m0/s1. The topological polar surface area (TPSA) is 128 Å². The van der Waals surface area contributed by atoms with Gasteiger partial charge < -0.3 is 20.1 Å². The molecule has 0 aliphatic rings. The van der Waals surface area contributed by atoms with Crippen molar-refractivity contribution in [3.05, 3.63) is 54.1 Å². The van der Waals surface area contributed by atoms with Crippen LogP contribution in [0.4, 0.5) is 5.69 Å². The first-order valence-electron chi connectivity index (χ1n) is 8.80. The molecule has 0 saturated carbocycles. The van der Waals surface area contributed by atoms with Gasteiger partial charge in [0.05, 0.1) is 11.9 Å². The minimum Gasteiger partial charge on any atom is -0.506 e. The first-order valence-corrected chi connectivity index (χ1v) is 10.7. The third-order valence-electron chi connectivity index (χ3n) is 3.84. The molecule has 0 heterocycles. The van der Waals surface area contributed by atoms with Crippen molar-refractivity contribution >= 4 is 15.7 Å². The van der Waals surface area contributed by atoms with E-state index in [1.165, 1.54) is 12.1 Å². The number of aryl methyl sites for hydroxylation is 1. The van der Waals surface area contributed by atoms with E-state index in [9.17, 15) is 23.7 Å². The summed E-state index contributed by atoms with van der Waals surface area (Å²) in [5.41, 5.74) is 0.841. The van der Waals surface area contributed by atoms with Crippen molar-refractivity contribution < 1.29 is 28.5 Å². The van der Waals surface area contributed by atoms with E-state index in [2.05, 4.69) is 10.0 Å². The summed E-state index contributed by atoms with van der Waals surface area (Å²) in [7, 11) is -3.50. The maximum absolute atomic E-state index is 11.3. The molecule has 0 radical (unpaired) electrons. The van der Waals surface area contributed by atoms with E-state index < -0.39 is 22.4 Å². The molecule has 0 spiro atoms. The van der Waals surface area contributed by atoms with E-state index in [1.807, 2.05) is 18.2 Å². The first kappa shape index (κ1) is 22.0. The molecular weight excluding hydrogens is 384 g/mol. The van der Waals surface area contributed by atoms with Crippen molar-refractivity contribution in [1.82, 2.24) is 5.32 Å². The fraction of sp³-hybridized carbons (Fsp3) is 0.368. The summed E-state index contributed by atoms with van der Waals surface area (Å²) in [6.45, 7) is 0.257. The molecule has 1 unspecified atom stereocenters. The predicted molar refractivity (Wildman–Crippen MR) is 107 cm³/mol. The lowest BCUT2D eigenvalue weighted by Crippen LogP contribution is -2.38. The first-order chi connectivity index (χ1) is 13.2. The summed E-state index contributed by atoms with van der Waals surface area (Å²) < 4.78 is 30.3. The molecule has 0 saturated heterocycles. The number of hydrogen-bond acceptors (Lipinski definition) is 7. The smallest absolute Gasteiger partial charge is 0.229 e. The Labute approximate surface area is 164 Å². The van der Waals surface area contributed by atoms with Crippen LogP contribution in [0.2, 0.25) is 0 Å². The minimum atomic E-state index is -3.50. The molecular formula is C19H26N2O6S. The van der Waals surface area contributed by atoms with Crippen molar-refractivity contribution in [3.63, 3.8) is 0 Å². The van der Waals surface area contributed by atoms with Crippen LogP contribution in [0.5, 0.6) is 11.5 Å². The number of sulfonamides is 1. The molecule has 0 aromatic heterocycles. The maximum atomic E-state index is 11.3. The summed E-state index contributed by atoms with van der Waals surface area (Å²) in [5, 5.41) is 32.5. The van der Waals surface area contributed by atoms with Crippen LogP contribution in [0.1, 0.15) is 12.0 Å². The highest BCUT2D eigenvalue weighted by Crippen LogP contribution is 2.25. The Kier molecular flexibility index (Phi) is 8.06. The van der Waals surface area contributed by atoms with Gasteiger partial charge >= 0.3 is 0 Å². The van der Waals surface area contributed by atoms with Crippen LogP contribution < -0.4 is 14.8 Å². The number of aliphatic hydroxyl groups excluding tert-OH is 2. The second-order valence-corrected chi connectivity index (χ2v) is 8.21. The van der Waals surface area contributed by atoms with Crippen LogP contribution in [0.25, 0.3) is 0 Å². The third-order valence-corrected chi connectivity index (χ3v) is 4.43. The number of phenols is 1. The van der Waals surface area contributed by atoms with E-state index in [1.54, 1.807) is 18.2 Å². The number of para-hydroxylation sites is 1. The molecule has 8 nitrogen and oxygen atoms in total. The zero-order valence-corrected chi connectivity index (χ0v) is 16.4. The predicted octanol–water partition coefficient (Wildman–Crippen LogP) is 1.04. The van der Waals surface area contributed by atoms with Crippen LogP contribution in [-0.4, -0.2) is 55.5 Å². The molecule has 28 heavy (non-hydrogen) atoms. The van der Waals surface area contributed by atoms with Gasteiger partial charge in [-0.05, 0) is 42.7 Å². The molecule has 2 atom stereocenters. The highest BCUT2D eigenvalue weighted by molar-refractivity contribution is 7.92. The van der Waals surface area contributed by atoms with Gasteiger partial charge in [-0.25, -0.2) is 8.42 Å². The van der Waals surface area contributed by atoms with Crippen molar-refractivity contribution in [2.24, 2.45) is 0 Å². The van der Waals surface area contributed by atoms with Gasteiger partial charge in [0.2, 0.25) is 10.0 Å². The molecule has 2 aromatic rings. The second-order valence-electron chi connectivity index (χ2n) is 6.47. The monoisotopic (exact) mass is 410 g/mol. The van der Waals surface area contributed by atoms with Gasteiger partial charge in [-0.2, -0.15) is 0 Å². The average molecular weight is 410 g/mol. The summed E-state index contributed by atoms with van der Waals surface area (Å²) in [4.78, 5) is 0. The van der Waals surface area contributed by atoms with Crippen LogP contribution >= 0.6 is 0 Å². The van der Waals surface area contributed by atoms with Gasteiger partial charge in [-0.3, -0.25) is 10.0 Å². The van der Waals surface area contributed by atoms with E-state index in [4.69, 9.17) is 4.74 Å². The number of hydrogen-bond donors (Lipinski definition) is 5. The van der Waals surface area contributed by atoms with Gasteiger partial charge in [0.25, 0.3) is 0 Å². The molecule has 5 N–H and O–H groups in total. The molecule has 2 aromatic carbocycles. The summed E-state index contributed by atoms with van der Waals surface area (Å²) in [5.74, 6) is 0.488. The molecule has 0 aliphatic carbocycles. The molecule has 154 valence electrons. The summed E-state index contributed by atoms with van der Waals surface area (Å²) in [6, 6.07) is 13.7. The van der Waals surface area contributed by atoms with Gasteiger partial charge in [0.15, 0.2) is 0 Å². The highest BCUT2D eigenvalue weighted by Gasteiger charge is 2.11. The Hall–Kier alpha value is -2.33. The quantitative estimate of drug-likeness (QED) is 0.277. The molecule has 0 amide bonds. The number of anilines is 1. The fourth-order valence-electron chi connectivity index (χ4n) is 2.47. The van der Waals surface area contributed by atoms with Gasteiger partial charge in [-0.15, -0.1) is 0 Å². The van der Waals surface area contributed by atoms with Crippen molar-refractivity contribution in [1.29, 1.82) is 0 Å². The lowest BCUT2D eigenvalue weighted by molar-refractivity contribution is 0.0711. The molecule has 0 bridgehead atoms. The number of benzene rings is 2. The zero-order chi connectivity index (χ0) is 20.6. The van der Waals surface area contributed by atoms with Crippen LogP contribution in [0, 0.1) is 0 Å². The maximum Gasteiger partial charge on any atom is 0.229 e. The fourth-order valence-corrected chi connectivity index (χ4v) is 3.03. The van der Waals surface area contributed by atoms with Crippen LogP contribution in [0.3, 0.4) is 0 Å².